The van der Waals surface area contributed by atoms with E-state index >= 15 is 0 Å². The molecule has 1 aromatic carbocycles. The second-order valence-corrected chi connectivity index (χ2v) is 5.75. The van der Waals surface area contributed by atoms with Gasteiger partial charge in [0.15, 0.2) is 5.75 Å². The smallest absolute Gasteiger partial charge is 0.257 e. The van der Waals surface area contributed by atoms with Crippen LogP contribution in [0.1, 0.15) is 50.9 Å². The van der Waals surface area contributed by atoms with E-state index in [-0.39, 0.29) is 11.9 Å². The van der Waals surface area contributed by atoms with Crippen molar-refractivity contribution in [3.8, 4) is 5.75 Å². The zero-order valence-corrected chi connectivity index (χ0v) is 13.8. The Morgan fingerprint density at radius 2 is 1.90 bits per heavy atom. The molecule has 4 nitrogen and oxygen atoms in total. The maximum atomic E-state index is 13.0. The molecule has 4 heteroatoms. The van der Waals surface area contributed by atoms with Gasteiger partial charge in [-0.1, -0.05) is 33.8 Å². The second-order valence-electron chi connectivity index (χ2n) is 5.75. The largest absolute Gasteiger partial charge is 0.494 e. The SMILES string of the molecule is CCC(CC)N(CC(C)C)C(=O)c1cccc(N)c1OC. The summed E-state index contributed by atoms with van der Waals surface area (Å²) in [5.41, 5.74) is 6.96. The highest BCUT2D eigenvalue weighted by Gasteiger charge is 2.26. The van der Waals surface area contributed by atoms with Crippen LogP contribution in [-0.2, 0) is 0 Å². The number of methoxy groups -OCH3 is 1. The summed E-state index contributed by atoms with van der Waals surface area (Å²) in [5, 5.41) is 0. The molecule has 1 rings (SSSR count). The van der Waals surface area contributed by atoms with E-state index in [2.05, 4.69) is 27.7 Å². The molecule has 0 aromatic heterocycles. The van der Waals surface area contributed by atoms with Crippen molar-refractivity contribution in [1.82, 2.24) is 4.90 Å². The molecule has 0 saturated heterocycles. The number of nitrogens with zero attached hydrogens (tertiary/aromatic N) is 1. The van der Waals surface area contributed by atoms with Crippen LogP contribution in [0.15, 0.2) is 18.2 Å². The highest BCUT2D eigenvalue weighted by Crippen LogP contribution is 2.28. The standard InChI is InChI=1S/C17H28N2O2/c1-6-13(7-2)19(11-12(3)4)17(20)14-9-8-10-15(18)16(14)21-5/h8-10,12-13H,6-7,11,18H2,1-5H3. The number of amides is 1. The Morgan fingerprint density at radius 1 is 1.29 bits per heavy atom. The maximum Gasteiger partial charge on any atom is 0.257 e. The van der Waals surface area contributed by atoms with E-state index in [1.54, 1.807) is 25.3 Å². The zero-order chi connectivity index (χ0) is 16.0. The van der Waals surface area contributed by atoms with Crippen molar-refractivity contribution in [1.29, 1.82) is 0 Å². The fourth-order valence-electron chi connectivity index (χ4n) is 2.63. The van der Waals surface area contributed by atoms with Crippen LogP contribution in [-0.4, -0.2) is 30.5 Å². The van der Waals surface area contributed by atoms with Gasteiger partial charge in [-0.15, -0.1) is 0 Å². The van der Waals surface area contributed by atoms with E-state index in [1.165, 1.54) is 0 Å². The number of rotatable bonds is 7. The number of ether oxygens (including phenoxy) is 1. The van der Waals surface area contributed by atoms with Gasteiger partial charge in [-0.2, -0.15) is 0 Å². The van der Waals surface area contributed by atoms with Crippen LogP contribution < -0.4 is 10.5 Å². The van der Waals surface area contributed by atoms with Gasteiger partial charge < -0.3 is 15.4 Å². The summed E-state index contributed by atoms with van der Waals surface area (Å²) >= 11 is 0. The quantitative estimate of drug-likeness (QED) is 0.782. The van der Waals surface area contributed by atoms with E-state index in [1.807, 2.05) is 4.90 Å². The van der Waals surface area contributed by atoms with Gasteiger partial charge in [0.1, 0.15) is 0 Å². The molecular formula is C17H28N2O2. The minimum Gasteiger partial charge on any atom is -0.494 e. The Labute approximate surface area is 128 Å². The number of hydrogen-bond donors (Lipinski definition) is 1. The summed E-state index contributed by atoms with van der Waals surface area (Å²) in [6, 6.07) is 5.57. The van der Waals surface area contributed by atoms with Crippen molar-refractivity contribution in [2.75, 3.05) is 19.4 Å². The van der Waals surface area contributed by atoms with Crippen molar-refractivity contribution in [2.24, 2.45) is 5.92 Å². The van der Waals surface area contributed by atoms with Gasteiger partial charge in [0.05, 0.1) is 18.4 Å². The maximum absolute atomic E-state index is 13.0. The van der Waals surface area contributed by atoms with Gasteiger partial charge in [0.2, 0.25) is 0 Å². The third kappa shape index (κ3) is 4.13. The lowest BCUT2D eigenvalue weighted by atomic mass is 10.0. The Bertz CT molecular complexity index is 468. The van der Waals surface area contributed by atoms with Crippen molar-refractivity contribution in [3.05, 3.63) is 23.8 Å². The third-order valence-electron chi connectivity index (χ3n) is 3.69. The molecule has 0 saturated carbocycles. The van der Waals surface area contributed by atoms with Gasteiger partial charge >= 0.3 is 0 Å². The number of nitrogen functional groups attached to an aromatic ring is 1. The van der Waals surface area contributed by atoms with Crippen LogP contribution in [0.3, 0.4) is 0 Å². The van der Waals surface area contributed by atoms with E-state index in [9.17, 15) is 4.79 Å². The predicted octanol–water partition coefficient (Wildman–Crippen LogP) is 3.56. The van der Waals surface area contributed by atoms with Crippen LogP contribution in [0.5, 0.6) is 5.75 Å². The lowest BCUT2D eigenvalue weighted by Gasteiger charge is -2.32. The second kappa shape index (κ2) is 7.91. The molecule has 0 bridgehead atoms. The number of anilines is 1. The fourth-order valence-corrected chi connectivity index (χ4v) is 2.63. The van der Waals surface area contributed by atoms with E-state index in [0.29, 0.717) is 22.9 Å². The van der Waals surface area contributed by atoms with Crippen LogP contribution in [0.4, 0.5) is 5.69 Å². The molecule has 0 atom stereocenters. The summed E-state index contributed by atoms with van der Waals surface area (Å²) in [5.74, 6) is 0.894. The van der Waals surface area contributed by atoms with Crippen molar-refractivity contribution >= 4 is 11.6 Å². The highest BCUT2D eigenvalue weighted by atomic mass is 16.5. The first-order valence-electron chi connectivity index (χ1n) is 7.69. The summed E-state index contributed by atoms with van der Waals surface area (Å²) in [6.45, 7) is 9.22. The van der Waals surface area contributed by atoms with Crippen molar-refractivity contribution in [3.63, 3.8) is 0 Å². The number of para-hydroxylation sites is 1. The van der Waals surface area contributed by atoms with Gasteiger partial charge in [0, 0.05) is 12.6 Å². The summed E-state index contributed by atoms with van der Waals surface area (Å²) in [6.07, 6.45) is 1.89. The molecule has 0 spiro atoms. The monoisotopic (exact) mass is 292 g/mol. The van der Waals surface area contributed by atoms with E-state index in [0.717, 1.165) is 19.4 Å². The summed E-state index contributed by atoms with van der Waals surface area (Å²) in [4.78, 5) is 14.9. The minimum absolute atomic E-state index is 0.00144. The Morgan fingerprint density at radius 3 is 2.38 bits per heavy atom. The molecule has 0 unspecified atom stereocenters. The van der Waals surface area contributed by atoms with Crippen LogP contribution >= 0.6 is 0 Å². The summed E-state index contributed by atoms with van der Waals surface area (Å²) in [7, 11) is 1.55. The molecule has 0 fully saturated rings. The van der Waals surface area contributed by atoms with E-state index < -0.39 is 0 Å². The average Bonchev–Trinajstić information content (AvgIpc) is 2.46. The number of carbonyl (C=O) groups excluding carboxylic acids is 1. The van der Waals surface area contributed by atoms with Gasteiger partial charge in [-0.25, -0.2) is 0 Å². The normalized spacial score (nSPS) is 11.0. The molecule has 0 heterocycles. The molecule has 2 N–H and O–H groups in total. The zero-order valence-electron chi connectivity index (χ0n) is 13.8. The molecule has 118 valence electrons. The minimum atomic E-state index is 0.00144. The number of carbonyl (C=O) groups is 1. The van der Waals surface area contributed by atoms with Crippen molar-refractivity contribution in [2.45, 2.75) is 46.6 Å². The molecule has 0 radical (unpaired) electrons. The summed E-state index contributed by atoms with van der Waals surface area (Å²) < 4.78 is 5.33. The topological polar surface area (TPSA) is 55.6 Å². The molecule has 0 aliphatic rings. The molecule has 1 amide bonds. The third-order valence-corrected chi connectivity index (χ3v) is 3.69. The fraction of sp³-hybridized carbons (Fsp3) is 0.588. The van der Waals surface area contributed by atoms with Crippen LogP contribution in [0, 0.1) is 5.92 Å². The predicted molar refractivity (Wildman–Crippen MR) is 87.7 cm³/mol. The Hall–Kier alpha value is -1.71. The molecule has 1 aromatic rings. The van der Waals surface area contributed by atoms with Gasteiger partial charge in [-0.05, 0) is 30.9 Å². The van der Waals surface area contributed by atoms with Gasteiger partial charge in [0.25, 0.3) is 5.91 Å². The van der Waals surface area contributed by atoms with E-state index in [4.69, 9.17) is 10.5 Å². The van der Waals surface area contributed by atoms with Crippen molar-refractivity contribution < 1.29 is 9.53 Å². The average molecular weight is 292 g/mol. The highest BCUT2D eigenvalue weighted by molar-refractivity contribution is 5.98. The molecule has 0 aliphatic heterocycles. The molecule has 0 aliphatic carbocycles. The van der Waals surface area contributed by atoms with Gasteiger partial charge in [-0.3, -0.25) is 4.79 Å². The first-order chi connectivity index (χ1) is 9.96. The Balaban J connectivity index is 3.19. The molecular weight excluding hydrogens is 264 g/mol. The van der Waals surface area contributed by atoms with Crippen LogP contribution in [0.2, 0.25) is 0 Å². The first-order valence-corrected chi connectivity index (χ1v) is 7.69. The first kappa shape index (κ1) is 17.3. The number of benzene rings is 1. The lowest BCUT2D eigenvalue weighted by molar-refractivity contribution is 0.0637. The Kier molecular flexibility index (Phi) is 6.53. The van der Waals surface area contributed by atoms with Crippen LogP contribution in [0.25, 0.3) is 0 Å². The number of nitrogens with two attached hydrogens (primary N) is 1. The number of hydrogen-bond acceptors (Lipinski definition) is 3. The molecule has 21 heavy (non-hydrogen) atoms. The lowest BCUT2D eigenvalue weighted by Crippen LogP contribution is -2.42.